The van der Waals surface area contributed by atoms with Crippen LogP contribution >= 0.6 is 0 Å². The first kappa shape index (κ1) is 21.8. The number of hydrogen-bond donors (Lipinski definition) is 2. The van der Waals surface area contributed by atoms with Gasteiger partial charge in [0, 0.05) is 18.7 Å². The number of methoxy groups -OCH3 is 1. The highest BCUT2D eigenvalue weighted by molar-refractivity contribution is 5.94. The van der Waals surface area contributed by atoms with Crippen molar-refractivity contribution >= 4 is 11.9 Å². The van der Waals surface area contributed by atoms with Gasteiger partial charge in [0.2, 0.25) is 0 Å². The molecule has 146 valence electrons. The molecule has 0 aliphatic carbocycles. The Kier molecular flexibility index (Phi) is 9.14. The summed E-state index contributed by atoms with van der Waals surface area (Å²) in [5.41, 5.74) is 4.74. The van der Waals surface area contributed by atoms with Crippen molar-refractivity contribution in [3.05, 3.63) is 48.3 Å². The topological polar surface area (TPSA) is 121 Å². The number of carbonyl (C=O) groups excluding carboxylic acids is 2. The molecule has 1 atom stereocenters. The van der Waals surface area contributed by atoms with E-state index in [9.17, 15) is 14.7 Å². The molecular formula is C19H24N2O6. The van der Waals surface area contributed by atoms with Crippen LogP contribution in [0.5, 0.6) is 17.2 Å². The molecule has 0 saturated carbocycles. The molecule has 2 aromatic rings. The predicted octanol–water partition coefficient (Wildman–Crippen LogP) is 2.30. The zero-order valence-corrected chi connectivity index (χ0v) is 15.5. The number of nitrogens with zero attached hydrogens (tertiary/aromatic N) is 1. The molecule has 0 aliphatic rings. The fourth-order valence-corrected chi connectivity index (χ4v) is 1.86. The number of amides is 1. The van der Waals surface area contributed by atoms with Gasteiger partial charge in [-0.05, 0) is 19.1 Å². The maximum Gasteiger partial charge on any atom is 0.305 e. The van der Waals surface area contributed by atoms with E-state index in [2.05, 4.69) is 4.98 Å². The number of para-hydroxylation sites is 1. The van der Waals surface area contributed by atoms with Gasteiger partial charge in [-0.2, -0.15) is 0 Å². The van der Waals surface area contributed by atoms with Crippen LogP contribution in [0.25, 0.3) is 0 Å². The lowest BCUT2D eigenvalue weighted by molar-refractivity contribution is -0.145. The minimum absolute atomic E-state index is 0.122. The highest BCUT2D eigenvalue weighted by atomic mass is 16.6. The SMILES string of the molecule is CCC(=O)OCC(C)Oc1ccccc1.COc1ccnc(C(N)=O)c1O. The van der Waals surface area contributed by atoms with E-state index >= 15 is 0 Å². The average molecular weight is 376 g/mol. The minimum atomic E-state index is -0.786. The Hall–Kier alpha value is -3.29. The molecule has 0 spiro atoms. The van der Waals surface area contributed by atoms with Crippen LogP contribution in [-0.2, 0) is 9.53 Å². The van der Waals surface area contributed by atoms with Gasteiger partial charge in [-0.1, -0.05) is 25.1 Å². The highest BCUT2D eigenvalue weighted by Gasteiger charge is 2.12. The van der Waals surface area contributed by atoms with Crippen molar-refractivity contribution < 1.29 is 28.9 Å². The van der Waals surface area contributed by atoms with Gasteiger partial charge in [0.05, 0.1) is 7.11 Å². The van der Waals surface area contributed by atoms with Crippen LogP contribution in [0.2, 0.25) is 0 Å². The van der Waals surface area contributed by atoms with E-state index in [4.69, 9.17) is 19.9 Å². The molecule has 0 saturated heterocycles. The van der Waals surface area contributed by atoms with Crippen molar-refractivity contribution in [3.63, 3.8) is 0 Å². The Morgan fingerprint density at radius 1 is 1.22 bits per heavy atom. The van der Waals surface area contributed by atoms with Crippen molar-refractivity contribution in [1.29, 1.82) is 0 Å². The van der Waals surface area contributed by atoms with E-state index < -0.39 is 5.91 Å². The number of esters is 1. The molecular weight excluding hydrogens is 352 g/mol. The van der Waals surface area contributed by atoms with Gasteiger partial charge in [-0.25, -0.2) is 4.98 Å². The van der Waals surface area contributed by atoms with E-state index in [0.717, 1.165) is 5.75 Å². The van der Waals surface area contributed by atoms with Crippen LogP contribution in [0.15, 0.2) is 42.6 Å². The number of carbonyl (C=O) groups is 2. The van der Waals surface area contributed by atoms with E-state index in [0.29, 0.717) is 13.0 Å². The summed E-state index contributed by atoms with van der Waals surface area (Å²) in [5, 5.41) is 9.27. The summed E-state index contributed by atoms with van der Waals surface area (Å²) < 4.78 is 15.2. The van der Waals surface area contributed by atoms with Crippen molar-refractivity contribution in [3.8, 4) is 17.2 Å². The number of pyridine rings is 1. The largest absolute Gasteiger partial charge is 0.503 e. The fourth-order valence-electron chi connectivity index (χ4n) is 1.86. The third-order valence-electron chi connectivity index (χ3n) is 3.19. The monoisotopic (exact) mass is 376 g/mol. The molecule has 1 heterocycles. The quantitative estimate of drug-likeness (QED) is 0.711. The van der Waals surface area contributed by atoms with Gasteiger partial charge < -0.3 is 25.1 Å². The van der Waals surface area contributed by atoms with Gasteiger partial charge in [0.15, 0.2) is 17.2 Å². The highest BCUT2D eigenvalue weighted by Crippen LogP contribution is 2.26. The van der Waals surface area contributed by atoms with Crippen molar-refractivity contribution in [2.75, 3.05) is 13.7 Å². The number of rotatable bonds is 7. The van der Waals surface area contributed by atoms with E-state index in [1.54, 1.807) is 6.92 Å². The van der Waals surface area contributed by atoms with Gasteiger partial charge in [0.1, 0.15) is 18.5 Å². The molecule has 1 amide bonds. The first-order chi connectivity index (χ1) is 12.9. The second kappa shape index (κ2) is 11.3. The summed E-state index contributed by atoms with van der Waals surface area (Å²) in [6, 6.07) is 10.9. The van der Waals surface area contributed by atoms with Crippen molar-refractivity contribution in [1.82, 2.24) is 4.98 Å². The number of primary amides is 1. The Labute approximate surface area is 157 Å². The third kappa shape index (κ3) is 7.64. The van der Waals surface area contributed by atoms with Gasteiger partial charge >= 0.3 is 5.97 Å². The number of aromatic hydroxyl groups is 1. The predicted molar refractivity (Wildman–Crippen MR) is 98.8 cm³/mol. The molecule has 1 aromatic carbocycles. The molecule has 1 aromatic heterocycles. The zero-order chi connectivity index (χ0) is 20.2. The molecule has 8 nitrogen and oxygen atoms in total. The second-order valence-corrected chi connectivity index (χ2v) is 5.35. The van der Waals surface area contributed by atoms with E-state index in [1.807, 2.05) is 37.3 Å². The van der Waals surface area contributed by atoms with Crippen LogP contribution in [0, 0.1) is 0 Å². The first-order valence-electron chi connectivity index (χ1n) is 8.28. The first-order valence-corrected chi connectivity index (χ1v) is 8.28. The van der Waals surface area contributed by atoms with Gasteiger partial charge in [-0.15, -0.1) is 0 Å². The van der Waals surface area contributed by atoms with Crippen molar-refractivity contribution in [2.45, 2.75) is 26.4 Å². The van der Waals surface area contributed by atoms with Crippen LogP contribution in [0.4, 0.5) is 0 Å². The Morgan fingerprint density at radius 2 is 1.89 bits per heavy atom. The zero-order valence-electron chi connectivity index (χ0n) is 15.5. The Balaban J connectivity index is 0.000000277. The lowest BCUT2D eigenvalue weighted by Gasteiger charge is -2.14. The number of ether oxygens (including phenoxy) is 3. The molecule has 0 radical (unpaired) electrons. The summed E-state index contributed by atoms with van der Waals surface area (Å²) in [7, 11) is 1.37. The van der Waals surface area contributed by atoms with E-state index in [1.165, 1.54) is 19.4 Å². The van der Waals surface area contributed by atoms with Gasteiger partial charge in [0.25, 0.3) is 5.91 Å². The lowest BCUT2D eigenvalue weighted by Crippen LogP contribution is -2.21. The standard InChI is InChI=1S/C12H16O3.C7H8N2O3/c1-3-12(13)14-9-10(2)15-11-7-5-4-6-8-11;1-12-4-2-3-9-5(6(4)10)7(8)11/h4-8,10H,3,9H2,1-2H3;2-3,10H,1H3,(H2,8,11). The maximum atomic E-state index is 10.9. The number of benzene rings is 1. The summed E-state index contributed by atoms with van der Waals surface area (Å²) >= 11 is 0. The lowest BCUT2D eigenvalue weighted by atomic mass is 10.3. The molecule has 1 unspecified atom stereocenters. The second-order valence-electron chi connectivity index (χ2n) is 5.35. The molecule has 2 rings (SSSR count). The number of aromatic nitrogens is 1. The summed E-state index contributed by atoms with van der Waals surface area (Å²) in [6.07, 6.45) is 1.61. The summed E-state index contributed by atoms with van der Waals surface area (Å²) in [5.74, 6) is -0.339. The van der Waals surface area contributed by atoms with Crippen molar-refractivity contribution in [2.24, 2.45) is 5.73 Å². The van der Waals surface area contributed by atoms with Gasteiger partial charge in [-0.3, -0.25) is 9.59 Å². The molecule has 0 bridgehead atoms. The Morgan fingerprint density at radius 3 is 2.44 bits per heavy atom. The molecule has 3 N–H and O–H groups in total. The fraction of sp³-hybridized carbons (Fsp3) is 0.316. The maximum absolute atomic E-state index is 10.9. The van der Waals surface area contributed by atoms with Crippen LogP contribution in [0.1, 0.15) is 30.8 Å². The number of hydrogen-bond acceptors (Lipinski definition) is 7. The normalized spacial score (nSPS) is 10.8. The van der Waals surface area contributed by atoms with Crippen LogP contribution < -0.4 is 15.2 Å². The summed E-state index contributed by atoms with van der Waals surface area (Å²) in [6.45, 7) is 3.93. The smallest absolute Gasteiger partial charge is 0.305 e. The minimum Gasteiger partial charge on any atom is -0.503 e. The number of nitrogens with two attached hydrogens (primary N) is 1. The van der Waals surface area contributed by atoms with Crippen LogP contribution in [-0.4, -0.2) is 41.8 Å². The molecule has 0 aliphatic heterocycles. The molecule has 8 heteroatoms. The third-order valence-corrected chi connectivity index (χ3v) is 3.19. The van der Waals surface area contributed by atoms with E-state index in [-0.39, 0.29) is 29.3 Å². The Bertz CT molecular complexity index is 736. The average Bonchev–Trinajstić information content (AvgIpc) is 2.67. The molecule has 0 fully saturated rings. The summed E-state index contributed by atoms with van der Waals surface area (Å²) in [4.78, 5) is 25.1. The molecule has 27 heavy (non-hydrogen) atoms. The van der Waals surface area contributed by atoms with Crippen LogP contribution in [0.3, 0.4) is 0 Å².